The van der Waals surface area contributed by atoms with Crippen molar-refractivity contribution in [1.29, 1.82) is 0 Å². The van der Waals surface area contributed by atoms with Crippen molar-refractivity contribution in [3.63, 3.8) is 0 Å². The SMILES string of the molecule is C=C=[SiH]CCCC. The zero-order valence-electron chi connectivity index (χ0n) is 4.91. The summed E-state index contributed by atoms with van der Waals surface area (Å²) in [4.78, 5) is 0. The Hall–Kier alpha value is -0.133. The van der Waals surface area contributed by atoms with Crippen molar-refractivity contribution >= 4 is 14.5 Å². The van der Waals surface area contributed by atoms with Gasteiger partial charge in [-0.3, -0.25) is 0 Å². The van der Waals surface area contributed by atoms with Crippen LogP contribution in [0.2, 0.25) is 6.04 Å². The lowest BCUT2D eigenvalue weighted by Gasteiger charge is -1.81. The maximum atomic E-state index is 3.54. The van der Waals surface area contributed by atoms with E-state index in [0.29, 0.717) is 9.13 Å². The average Bonchev–Trinajstić information content (AvgIpc) is 1.69. The van der Waals surface area contributed by atoms with E-state index in [0.717, 1.165) is 0 Å². The molecule has 0 unspecified atom stereocenters. The summed E-state index contributed by atoms with van der Waals surface area (Å²) in [6, 6.07) is 1.35. The molecule has 0 aromatic heterocycles. The molecule has 0 aromatic rings. The van der Waals surface area contributed by atoms with Crippen molar-refractivity contribution in [2.24, 2.45) is 0 Å². The number of hydrogen-bond acceptors (Lipinski definition) is 0. The summed E-state index contributed by atoms with van der Waals surface area (Å²) < 4.78 is 0. The van der Waals surface area contributed by atoms with Crippen LogP contribution in [0.1, 0.15) is 19.8 Å². The van der Waals surface area contributed by atoms with Gasteiger partial charge in [0.2, 0.25) is 0 Å². The van der Waals surface area contributed by atoms with Crippen LogP contribution < -0.4 is 0 Å². The summed E-state index contributed by atoms with van der Waals surface area (Å²) in [6.07, 6.45) is 2.67. The molecule has 0 spiro atoms. The van der Waals surface area contributed by atoms with Crippen LogP contribution in [-0.4, -0.2) is 14.5 Å². The Morgan fingerprint density at radius 1 is 1.71 bits per heavy atom. The van der Waals surface area contributed by atoms with Gasteiger partial charge in [0.25, 0.3) is 0 Å². The zero-order chi connectivity index (χ0) is 5.54. The lowest BCUT2D eigenvalue weighted by molar-refractivity contribution is 0.883. The van der Waals surface area contributed by atoms with Crippen LogP contribution in [0.3, 0.4) is 0 Å². The molecule has 0 saturated carbocycles. The van der Waals surface area contributed by atoms with E-state index >= 15 is 0 Å². The van der Waals surface area contributed by atoms with Crippen molar-refractivity contribution < 1.29 is 0 Å². The monoisotopic (exact) mass is 112 g/mol. The van der Waals surface area contributed by atoms with Crippen LogP contribution in [0.5, 0.6) is 0 Å². The van der Waals surface area contributed by atoms with E-state index < -0.39 is 0 Å². The van der Waals surface area contributed by atoms with Gasteiger partial charge in [-0.1, -0.05) is 26.3 Å². The molecule has 0 saturated heterocycles. The summed E-state index contributed by atoms with van der Waals surface area (Å²) in [5.74, 6) is 0. The fourth-order valence-corrected chi connectivity index (χ4v) is 1.22. The topological polar surface area (TPSA) is 0 Å². The first-order chi connectivity index (χ1) is 3.41. The highest BCUT2D eigenvalue weighted by atomic mass is 28.2. The van der Waals surface area contributed by atoms with Gasteiger partial charge in [0.15, 0.2) is 0 Å². The molecule has 40 valence electrons. The van der Waals surface area contributed by atoms with Gasteiger partial charge >= 0.3 is 0 Å². The Morgan fingerprint density at radius 2 is 2.43 bits per heavy atom. The van der Waals surface area contributed by atoms with Gasteiger partial charge in [0.1, 0.15) is 0 Å². The quantitative estimate of drug-likeness (QED) is 0.380. The molecule has 0 radical (unpaired) electrons. The van der Waals surface area contributed by atoms with Crippen molar-refractivity contribution in [3.8, 4) is 0 Å². The first-order valence-electron chi connectivity index (χ1n) is 2.76. The van der Waals surface area contributed by atoms with Gasteiger partial charge in [-0.25, -0.2) is 0 Å². The van der Waals surface area contributed by atoms with Crippen LogP contribution in [0, 0.1) is 0 Å². The molecule has 0 bridgehead atoms. The van der Waals surface area contributed by atoms with Gasteiger partial charge in [0, 0.05) is 9.13 Å². The second-order valence-corrected chi connectivity index (χ2v) is 2.94. The van der Waals surface area contributed by atoms with E-state index in [2.05, 4.69) is 18.8 Å². The predicted octanol–water partition coefficient (Wildman–Crippen LogP) is 1.23. The molecule has 0 rings (SSSR count). The van der Waals surface area contributed by atoms with Crippen LogP contribution >= 0.6 is 0 Å². The molecular weight excluding hydrogens is 100 g/mol. The van der Waals surface area contributed by atoms with Crippen LogP contribution in [-0.2, 0) is 0 Å². The van der Waals surface area contributed by atoms with Crippen molar-refractivity contribution in [2.45, 2.75) is 25.8 Å². The Labute approximate surface area is 47.7 Å². The van der Waals surface area contributed by atoms with Gasteiger partial charge < -0.3 is 0 Å². The van der Waals surface area contributed by atoms with E-state index in [4.69, 9.17) is 0 Å². The van der Waals surface area contributed by atoms with Gasteiger partial charge in [-0.05, 0) is 6.04 Å². The molecule has 1 heteroatoms. The van der Waals surface area contributed by atoms with Crippen molar-refractivity contribution in [3.05, 3.63) is 6.58 Å². The molecule has 0 amide bonds. The minimum Gasteiger partial charge on any atom is -0.168 e. The molecular formula is C6H12Si. The van der Waals surface area contributed by atoms with E-state index in [9.17, 15) is 0 Å². The highest BCUT2D eigenvalue weighted by molar-refractivity contribution is 6.44. The van der Waals surface area contributed by atoms with Gasteiger partial charge in [-0.2, -0.15) is 5.33 Å². The van der Waals surface area contributed by atoms with E-state index in [1.807, 2.05) is 0 Å². The summed E-state index contributed by atoms with van der Waals surface area (Å²) in [7, 11) is 0.455. The number of rotatable bonds is 3. The Kier molecular flexibility index (Phi) is 5.76. The average molecular weight is 112 g/mol. The van der Waals surface area contributed by atoms with E-state index in [1.165, 1.54) is 18.9 Å². The van der Waals surface area contributed by atoms with Gasteiger partial charge in [0.05, 0.1) is 0 Å². The molecule has 0 aliphatic carbocycles. The zero-order valence-corrected chi connectivity index (χ0v) is 6.06. The van der Waals surface area contributed by atoms with Crippen LogP contribution in [0.25, 0.3) is 0 Å². The first-order valence-corrected chi connectivity index (χ1v) is 4.15. The Bertz CT molecular complexity index is 70.2. The van der Waals surface area contributed by atoms with Crippen LogP contribution in [0.4, 0.5) is 0 Å². The largest absolute Gasteiger partial charge is 0.168 e. The van der Waals surface area contributed by atoms with E-state index in [1.54, 1.807) is 0 Å². The molecule has 0 aromatic carbocycles. The lowest BCUT2D eigenvalue weighted by atomic mass is 10.4. The molecule has 0 atom stereocenters. The molecule has 7 heavy (non-hydrogen) atoms. The highest BCUT2D eigenvalue weighted by Crippen LogP contribution is 1.88. The second kappa shape index (κ2) is 5.87. The number of hydrogen-bond donors (Lipinski definition) is 0. The summed E-state index contributed by atoms with van der Waals surface area (Å²) in [5, 5.41) is 2.94. The summed E-state index contributed by atoms with van der Waals surface area (Å²) >= 11 is 0. The maximum Gasteiger partial charge on any atom is 0.0490 e. The molecule has 0 heterocycles. The first kappa shape index (κ1) is 6.87. The fourth-order valence-electron chi connectivity index (χ4n) is 0.408. The lowest BCUT2D eigenvalue weighted by Crippen LogP contribution is -1.73. The molecule has 0 fully saturated rings. The Balaban J connectivity index is 2.83. The van der Waals surface area contributed by atoms with Gasteiger partial charge in [-0.15, -0.1) is 0 Å². The number of unbranched alkanes of at least 4 members (excludes halogenated alkanes) is 1. The molecule has 0 nitrogen and oxygen atoms in total. The standard InChI is InChI=1S/C6H12Si/c1-3-5-6-7-4-2/h7H,2-3,5-6H2,1H3. The third-order valence-electron chi connectivity index (χ3n) is 0.846. The third-order valence-corrected chi connectivity index (χ3v) is 1.83. The Morgan fingerprint density at radius 3 is 2.86 bits per heavy atom. The minimum atomic E-state index is 0.455. The fraction of sp³-hybridized carbons (Fsp3) is 0.667. The highest BCUT2D eigenvalue weighted by Gasteiger charge is 1.73. The van der Waals surface area contributed by atoms with Crippen molar-refractivity contribution in [2.75, 3.05) is 0 Å². The maximum absolute atomic E-state index is 3.54. The van der Waals surface area contributed by atoms with Crippen molar-refractivity contribution in [1.82, 2.24) is 0 Å². The third kappa shape index (κ3) is 5.87. The second-order valence-electron chi connectivity index (χ2n) is 1.55. The van der Waals surface area contributed by atoms with E-state index in [-0.39, 0.29) is 0 Å². The smallest absolute Gasteiger partial charge is 0.0490 e. The van der Waals surface area contributed by atoms with Crippen LogP contribution in [0.15, 0.2) is 6.58 Å². The summed E-state index contributed by atoms with van der Waals surface area (Å²) in [6.45, 7) is 5.76. The molecule has 0 N–H and O–H groups in total. The molecule has 0 aliphatic heterocycles. The summed E-state index contributed by atoms with van der Waals surface area (Å²) in [5.41, 5.74) is 0. The minimum absolute atomic E-state index is 0.455. The molecule has 0 aliphatic rings. The normalized spacial score (nSPS) is 7.57. The predicted molar refractivity (Wildman–Crippen MR) is 37.5 cm³/mol.